The molecule has 1 unspecified atom stereocenters. The van der Waals surface area contributed by atoms with Crippen molar-refractivity contribution in [3.63, 3.8) is 0 Å². The number of hydrogen-bond donors (Lipinski definition) is 1. The van der Waals surface area contributed by atoms with Gasteiger partial charge in [0.2, 0.25) is 0 Å². The number of carbonyl (C=O) groups is 2. The van der Waals surface area contributed by atoms with Crippen molar-refractivity contribution < 1.29 is 28.6 Å². The topological polar surface area (TPSA) is 76.1 Å². The Morgan fingerprint density at radius 3 is 1.40 bits per heavy atom. The van der Waals surface area contributed by atoms with Crippen LogP contribution >= 0.6 is 0 Å². The second-order valence-corrected chi connectivity index (χ2v) is 15.6. The third kappa shape index (κ3) is 38.5. The molecule has 52 heavy (non-hydrogen) atoms. The molecule has 0 saturated carbocycles. The molecule has 0 aromatic rings. The Balaban J connectivity index is 4.04. The first-order valence-electron chi connectivity index (χ1n) is 22.8. The van der Waals surface area contributed by atoms with Crippen LogP contribution in [0.4, 0.5) is 4.39 Å². The quantitative estimate of drug-likeness (QED) is 0.0495. The van der Waals surface area contributed by atoms with Crippen LogP contribution < -0.4 is 0 Å². The minimum Gasteiger partial charge on any atom is -0.466 e. The molecule has 0 aliphatic heterocycles. The Labute approximate surface area is 322 Å². The van der Waals surface area contributed by atoms with Crippen LogP contribution in [0.2, 0.25) is 0 Å². The maximum Gasteiger partial charge on any atom is 0.306 e. The fraction of sp³-hybridized carbons (Fsp3) is 0.956. The van der Waals surface area contributed by atoms with Gasteiger partial charge in [0.05, 0.1) is 13.3 Å². The van der Waals surface area contributed by atoms with E-state index in [4.69, 9.17) is 9.47 Å². The maximum atomic E-state index is 12.7. The highest BCUT2D eigenvalue weighted by molar-refractivity contribution is 5.69. The summed E-state index contributed by atoms with van der Waals surface area (Å²) in [6.07, 6.45) is 37.2. The lowest BCUT2D eigenvalue weighted by Crippen LogP contribution is -2.27. The number of ether oxygens (including phenoxy) is 2. The molecule has 0 spiro atoms. The number of aliphatic hydroxyl groups excluding tert-OH is 1. The fourth-order valence-corrected chi connectivity index (χ4v) is 7.05. The minimum atomic E-state index is -0.204. The zero-order valence-corrected chi connectivity index (χ0v) is 34.8. The first-order chi connectivity index (χ1) is 25.6. The summed E-state index contributed by atoms with van der Waals surface area (Å²) in [5, 5.41) is 9.38. The number of unbranched alkanes of at least 4 members (excludes halogenated alkanes) is 24. The number of hydrogen-bond acceptors (Lipinski definition) is 6. The molecule has 310 valence electrons. The second-order valence-electron chi connectivity index (χ2n) is 15.6. The van der Waals surface area contributed by atoms with E-state index < -0.39 is 0 Å². The molecule has 1 atom stereocenters. The van der Waals surface area contributed by atoms with Crippen LogP contribution in [0.15, 0.2) is 0 Å². The predicted molar refractivity (Wildman–Crippen MR) is 219 cm³/mol. The van der Waals surface area contributed by atoms with Crippen LogP contribution in [-0.2, 0) is 19.1 Å². The summed E-state index contributed by atoms with van der Waals surface area (Å²) in [7, 11) is 0. The first kappa shape index (κ1) is 50.8. The SMILES string of the molecule is CCCCCCCCCOC(=O)CCCCCCCN(CCCO)CCCCCCCC(=O)OC(CCCCCCCC)CCCCCCCCF. The fourth-order valence-electron chi connectivity index (χ4n) is 7.05. The summed E-state index contributed by atoms with van der Waals surface area (Å²) < 4.78 is 23.7. The average Bonchev–Trinajstić information content (AvgIpc) is 3.14. The van der Waals surface area contributed by atoms with Gasteiger partial charge in [0, 0.05) is 26.0 Å². The van der Waals surface area contributed by atoms with Crippen LogP contribution in [0.25, 0.3) is 0 Å². The van der Waals surface area contributed by atoms with Gasteiger partial charge in [0.25, 0.3) is 0 Å². The number of carbonyl (C=O) groups excluding carboxylic acids is 2. The molecule has 0 aromatic heterocycles. The molecule has 0 amide bonds. The molecule has 1 N–H and O–H groups in total. The number of aliphatic hydroxyl groups is 1. The van der Waals surface area contributed by atoms with Crippen LogP contribution in [0, 0.1) is 0 Å². The van der Waals surface area contributed by atoms with E-state index >= 15 is 0 Å². The van der Waals surface area contributed by atoms with Crippen molar-refractivity contribution in [1.29, 1.82) is 0 Å². The normalized spacial score (nSPS) is 12.1. The molecular weight excluding hydrogens is 653 g/mol. The zero-order chi connectivity index (χ0) is 38.0. The third-order valence-electron chi connectivity index (χ3n) is 10.4. The Morgan fingerprint density at radius 2 is 0.904 bits per heavy atom. The van der Waals surface area contributed by atoms with Gasteiger partial charge in [-0.15, -0.1) is 0 Å². The first-order valence-corrected chi connectivity index (χ1v) is 22.8. The van der Waals surface area contributed by atoms with Crippen LogP contribution in [-0.4, -0.2) is 67.6 Å². The summed E-state index contributed by atoms with van der Waals surface area (Å²) >= 11 is 0. The largest absolute Gasteiger partial charge is 0.466 e. The molecule has 0 fully saturated rings. The molecule has 0 bridgehead atoms. The molecular formula is C45H88FNO5. The van der Waals surface area contributed by atoms with Crippen molar-refractivity contribution in [2.45, 2.75) is 238 Å². The Kier molecular flexibility index (Phi) is 41.5. The molecule has 0 aliphatic rings. The molecule has 0 heterocycles. The molecule has 0 saturated heterocycles. The number of halogens is 1. The maximum absolute atomic E-state index is 12.7. The van der Waals surface area contributed by atoms with E-state index in [1.165, 1.54) is 77.0 Å². The van der Waals surface area contributed by atoms with Crippen LogP contribution in [0.5, 0.6) is 0 Å². The van der Waals surface area contributed by atoms with E-state index in [2.05, 4.69) is 18.7 Å². The summed E-state index contributed by atoms with van der Waals surface area (Å²) in [4.78, 5) is 27.2. The lowest BCUT2D eigenvalue weighted by atomic mass is 10.0. The highest BCUT2D eigenvalue weighted by Gasteiger charge is 2.14. The van der Waals surface area contributed by atoms with Gasteiger partial charge in [-0.2, -0.15) is 0 Å². The van der Waals surface area contributed by atoms with Crippen molar-refractivity contribution in [1.82, 2.24) is 4.90 Å². The molecule has 0 radical (unpaired) electrons. The van der Waals surface area contributed by atoms with Gasteiger partial charge in [0.15, 0.2) is 0 Å². The second kappa shape index (κ2) is 42.5. The molecule has 0 aromatic carbocycles. The number of nitrogens with zero attached hydrogens (tertiary/aromatic N) is 1. The third-order valence-corrected chi connectivity index (χ3v) is 10.4. The van der Waals surface area contributed by atoms with E-state index in [0.717, 1.165) is 142 Å². The predicted octanol–water partition coefficient (Wildman–Crippen LogP) is 13.0. The van der Waals surface area contributed by atoms with Gasteiger partial charge in [0.1, 0.15) is 6.10 Å². The van der Waals surface area contributed by atoms with Gasteiger partial charge >= 0.3 is 11.9 Å². The van der Waals surface area contributed by atoms with E-state index in [0.29, 0.717) is 25.9 Å². The van der Waals surface area contributed by atoms with Crippen molar-refractivity contribution in [2.24, 2.45) is 0 Å². The van der Waals surface area contributed by atoms with Gasteiger partial charge < -0.3 is 19.5 Å². The summed E-state index contributed by atoms with van der Waals surface area (Å²) in [6.45, 7) is 8.20. The van der Waals surface area contributed by atoms with Gasteiger partial charge in [-0.3, -0.25) is 14.0 Å². The summed E-state index contributed by atoms with van der Waals surface area (Å²) in [5.74, 6) is -0.0535. The van der Waals surface area contributed by atoms with E-state index in [1.807, 2.05) is 0 Å². The smallest absolute Gasteiger partial charge is 0.306 e. The van der Waals surface area contributed by atoms with Gasteiger partial charge in [-0.25, -0.2) is 0 Å². The van der Waals surface area contributed by atoms with Crippen molar-refractivity contribution in [3.8, 4) is 0 Å². The summed E-state index contributed by atoms with van der Waals surface area (Å²) in [5.41, 5.74) is 0. The van der Waals surface area contributed by atoms with Crippen LogP contribution in [0.1, 0.15) is 232 Å². The molecule has 6 nitrogen and oxygen atoms in total. The Morgan fingerprint density at radius 1 is 0.500 bits per heavy atom. The van der Waals surface area contributed by atoms with Crippen molar-refractivity contribution >= 4 is 11.9 Å². The number of alkyl halides is 1. The van der Waals surface area contributed by atoms with Gasteiger partial charge in [-0.1, -0.05) is 149 Å². The lowest BCUT2D eigenvalue weighted by Gasteiger charge is -2.22. The van der Waals surface area contributed by atoms with E-state index in [9.17, 15) is 19.1 Å². The highest BCUT2D eigenvalue weighted by atomic mass is 19.1. The summed E-state index contributed by atoms with van der Waals surface area (Å²) in [6, 6.07) is 0. The van der Waals surface area contributed by atoms with E-state index in [1.54, 1.807) is 0 Å². The Hall–Kier alpha value is -1.21. The Bertz CT molecular complexity index is 739. The molecule has 7 heteroatoms. The number of esters is 2. The molecule has 0 rings (SSSR count). The lowest BCUT2D eigenvalue weighted by molar-refractivity contribution is -0.150. The average molecular weight is 742 g/mol. The monoisotopic (exact) mass is 742 g/mol. The number of rotatable bonds is 43. The van der Waals surface area contributed by atoms with E-state index in [-0.39, 0.29) is 31.3 Å². The van der Waals surface area contributed by atoms with Gasteiger partial charge in [-0.05, 0) is 83.7 Å². The molecule has 0 aliphatic carbocycles. The standard InChI is InChI=1S/C45H88FNO5/c1-3-5-7-9-13-23-31-42-51-44(49)35-26-18-14-21-29-38-47(40-32-41-48)39-30-22-15-19-27-36-45(50)52-43(33-24-16-10-8-6-4-2)34-25-17-11-12-20-28-37-46/h43,48H,3-42H2,1-2H3. The zero-order valence-electron chi connectivity index (χ0n) is 34.8. The van der Waals surface area contributed by atoms with Crippen molar-refractivity contribution in [3.05, 3.63) is 0 Å². The van der Waals surface area contributed by atoms with Crippen molar-refractivity contribution in [2.75, 3.05) is 39.5 Å². The highest BCUT2D eigenvalue weighted by Crippen LogP contribution is 2.19. The minimum absolute atomic E-state index is 0.0205. The van der Waals surface area contributed by atoms with Crippen LogP contribution in [0.3, 0.4) is 0 Å².